The second-order valence-electron chi connectivity index (χ2n) is 4.63. The number of carboxylic acid groups (broad SMARTS) is 1. The first-order valence-electron chi connectivity index (χ1n) is 6.08. The van der Waals surface area contributed by atoms with E-state index in [1.165, 1.54) is 0 Å². The van der Waals surface area contributed by atoms with Gasteiger partial charge in [0.1, 0.15) is 5.82 Å². The van der Waals surface area contributed by atoms with Crippen molar-refractivity contribution >= 4 is 17.0 Å². The number of allylic oxidation sites excluding steroid dienone is 2. The minimum atomic E-state index is -0.746. The van der Waals surface area contributed by atoms with Crippen LogP contribution in [0.3, 0.4) is 0 Å². The molecule has 0 bridgehead atoms. The topological polar surface area (TPSA) is 66.0 Å². The highest BCUT2D eigenvalue weighted by atomic mass is 16.4. The molecule has 18 heavy (non-hydrogen) atoms. The maximum atomic E-state index is 11.3. The molecule has 1 aliphatic rings. The molecule has 0 saturated heterocycles. The van der Waals surface area contributed by atoms with Gasteiger partial charge in [-0.15, -0.1) is 0 Å². The SMILES string of the molecule is O=C(O)[C@H]1CC=CC[C@H]1c1nc2ccccc2[nH]1. The molecular weight excluding hydrogens is 228 g/mol. The highest BCUT2D eigenvalue weighted by Gasteiger charge is 2.31. The fourth-order valence-corrected chi connectivity index (χ4v) is 2.54. The zero-order valence-electron chi connectivity index (χ0n) is 9.84. The molecule has 0 amide bonds. The van der Waals surface area contributed by atoms with E-state index in [1.54, 1.807) is 0 Å². The summed E-state index contributed by atoms with van der Waals surface area (Å²) in [5, 5.41) is 9.27. The van der Waals surface area contributed by atoms with Gasteiger partial charge in [-0.1, -0.05) is 24.3 Å². The Morgan fingerprint density at radius 1 is 1.28 bits per heavy atom. The van der Waals surface area contributed by atoms with Crippen LogP contribution in [-0.2, 0) is 4.79 Å². The number of para-hydroxylation sites is 2. The van der Waals surface area contributed by atoms with Crippen molar-refractivity contribution in [3.05, 3.63) is 42.2 Å². The quantitative estimate of drug-likeness (QED) is 0.796. The minimum Gasteiger partial charge on any atom is -0.481 e. The van der Waals surface area contributed by atoms with Gasteiger partial charge >= 0.3 is 5.97 Å². The van der Waals surface area contributed by atoms with Gasteiger partial charge in [0.25, 0.3) is 0 Å². The normalized spacial score (nSPS) is 23.3. The van der Waals surface area contributed by atoms with Crippen LogP contribution in [0.2, 0.25) is 0 Å². The largest absolute Gasteiger partial charge is 0.481 e. The number of aromatic amines is 1. The summed E-state index contributed by atoms with van der Waals surface area (Å²) in [6, 6.07) is 7.77. The fourth-order valence-electron chi connectivity index (χ4n) is 2.54. The highest BCUT2D eigenvalue weighted by molar-refractivity contribution is 5.76. The van der Waals surface area contributed by atoms with Crippen molar-refractivity contribution in [1.82, 2.24) is 9.97 Å². The lowest BCUT2D eigenvalue weighted by Gasteiger charge is -2.23. The average molecular weight is 242 g/mol. The van der Waals surface area contributed by atoms with Crippen LogP contribution in [0.1, 0.15) is 24.6 Å². The Bertz CT molecular complexity index is 582. The smallest absolute Gasteiger partial charge is 0.307 e. The number of nitrogens with one attached hydrogen (secondary N) is 1. The number of hydrogen-bond acceptors (Lipinski definition) is 2. The van der Waals surface area contributed by atoms with Crippen molar-refractivity contribution in [1.29, 1.82) is 0 Å². The molecule has 2 atom stereocenters. The number of carboxylic acids is 1. The Hall–Kier alpha value is -2.10. The van der Waals surface area contributed by atoms with Crippen molar-refractivity contribution < 1.29 is 9.90 Å². The first-order valence-corrected chi connectivity index (χ1v) is 6.08. The molecule has 4 nitrogen and oxygen atoms in total. The lowest BCUT2D eigenvalue weighted by Crippen LogP contribution is -2.24. The van der Waals surface area contributed by atoms with Crippen LogP contribution < -0.4 is 0 Å². The number of fused-ring (bicyclic) bond motifs is 1. The molecule has 0 radical (unpaired) electrons. The van der Waals surface area contributed by atoms with Gasteiger partial charge in [-0.2, -0.15) is 0 Å². The van der Waals surface area contributed by atoms with E-state index in [0.29, 0.717) is 6.42 Å². The fraction of sp³-hybridized carbons (Fsp3) is 0.286. The van der Waals surface area contributed by atoms with E-state index >= 15 is 0 Å². The Morgan fingerprint density at radius 2 is 2.06 bits per heavy atom. The van der Waals surface area contributed by atoms with Crippen LogP contribution in [-0.4, -0.2) is 21.0 Å². The predicted molar refractivity (Wildman–Crippen MR) is 68.3 cm³/mol. The first-order chi connectivity index (χ1) is 8.75. The molecule has 2 N–H and O–H groups in total. The third-order valence-electron chi connectivity index (χ3n) is 3.51. The number of rotatable bonds is 2. The lowest BCUT2D eigenvalue weighted by molar-refractivity contribution is -0.142. The number of carbonyl (C=O) groups is 1. The van der Waals surface area contributed by atoms with Crippen molar-refractivity contribution in [3.8, 4) is 0 Å². The summed E-state index contributed by atoms with van der Waals surface area (Å²) in [4.78, 5) is 19.0. The van der Waals surface area contributed by atoms with Crippen molar-refractivity contribution in [2.45, 2.75) is 18.8 Å². The van der Waals surface area contributed by atoms with Gasteiger partial charge in [-0.3, -0.25) is 4.79 Å². The third-order valence-corrected chi connectivity index (χ3v) is 3.51. The van der Waals surface area contributed by atoms with Crippen molar-refractivity contribution in [3.63, 3.8) is 0 Å². The van der Waals surface area contributed by atoms with E-state index < -0.39 is 5.97 Å². The molecule has 3 rings (SSSR count). The Balaban J connectivity index is 2.02. The van der Waals surface area contributed by atoms with Crippen molar-refractivity contribution in [2.24, 2.45) is 5.92 Å². The summed E-state index contributed by atoms with van der Waals surface area (Å²) < 4.78 is 0. The second kappa shape index (κ2) is 4.29. The summed E-state index contributed by atoms with van der Waals surface area (Å²) in [5.41, 5.74) is 1.86. The van der Waals surface area contributed by atoms with Gasteiger partial charge in [0.2, 0.25) is 0 Å². The highest BCUT2D eigenvalue weighted by Crippen LogP contribution is 2.34. The first kappa shape index (κ1) is 11.0. The van der Waals surface area contributed by atoms with E-state index in [9.17, 15) is 9.90 Å². The number of hydrogen-bond donors (Lipinski definition) is 2. The molecule has 92 valence electrons. The van der Waals surface area contributed by atoms with E-state index in [4.69, 9.17) is 0 Å². The summed E-state index contributed by atoms with van der Waals surface area (Å²) >= 11 is 0. The van der Waals surface area contributed by atoms with E-state index in [-0.39, 0.29) is 11.8 Å². The molecule has 1 heterocycles. The monoisotopic (exact) mass is 242 g/mol. The number of aromatic nitrogens is 2. The number of aliphatic carboxylic acids is 1. The second-order valence-corrected chi connectivity index (χ2v) is 4.63. The standard InChI is InChI=1S/C14H14N2O2/c17-14(18)10-6-2-1-5-9(10)13-15-11-7-3-4-8-12(11)16-13/h1-4,7-10H,5-6H2,(H,15,16)(H,17,18)/t9-,10+/m1/s1. The van der Waals surface area contributed by atoms with Crippen LogP contribution in [0.5, 0.6) is 0 Å². The van der Waals surface area contributed by atoms with Crippen LogP contribution >= 0.6 is 0 Å². The van der Waals surface area contributed by atoms with E-state index in [0.717, 1.165) is 23.3 Å². The zero-order valence-corrected chi connectivity index (χ0v) is 9.84. The zero-order chi connectivity index (χ0) is 12.5. The van der Waals surface area contributed by atoms with E-state index in [2.05, 4.69) is 9.97 Å². The van der Waals surface area contributed by atoms with Gasteiger partial charge < -0.3 is 10.1 Å². The van der Waals surface area contributed by atoms with E-state index in [1.807, 2.05) is 36.4 Å². The van der Waals surface area contributed by atoms with Crippen LogP contribution in [0.15, 0.2) is 36.4 Å². The van der Waals surface area contributed by atoms with Gasteiger partial charge in [0.05, 0.1) is 17.0 Å². The molecule has 1 aromatic heterocycles. The lowest BCUT2D eigenvalue weighted by atomic mass is 9.82. The molecule has 2 aromatic rings. The molecule has 4 heteroatoms. The molecule has 0 saturated carbocycles. The molecular formula is C14H14N2O2. The van der Waals surface area contributed by atoms with Crippen LogP contribution in [0.4, 0.5) is 0 Å². The maximum absolute atomic E-state index is 11.3. The molecule has 0 unspecified atom stereocenters. The number of H-pyrrole nitrogens is 1. The van der Waals surface area contributed by atoms with Gasteiger partial charge in [-0.05, 0) is 25.0 Å². The molecule has 0 aliphatic heterocycles. The van der Waals surface area contributed by atoms with Crippen LogP contribution in [0, 0.1) is 5.92 Å². The number of nitrogens with zero attached hydrogens (tertiary/aromatic N) is 1. The molecule has 0 fully saturated rings. The van der Waals surface area contributed by atoms with Crippen molar-refractivity contribution in [2.75, 3.05) is 0 Å². The number of benzene rings is 1. The summed E-state index contributed by atoms with van der Waals surface area (Å²) in [7, 11) is 0. The number of imidazole rings is 1. The minimum absolute atomic E-state index is 0.0556. The average Bonchev–Trinajstić information content (AvgIpc) is 2.82. The predicted octanol–water partition coefficient (Wildman–Crippen LogP) is 2.70. The Kier molecular flexibility index (Phi) is 2.63. The summed E-state index contributed by atoms with van der Waals surface area (Å²) in [6.07, 6.45) is 5.29. The third kappa shape index (κ3) is 1.79. The Labute approximate surface area is 104 Å². The van der Waals surface area contributed by atoms with Gasteiger partial charge in [-0.25, -0.2) is 4.98 Å². The molecule has 1 aromatic carbocycles. The maximum Gasteiger partial charge on any atom is 0.307 e. The summed E-state index contributed by atoms with van der Waals surface area (Å²) in [6.45, 7) is 0. The summed E-state index contributed by atoms with van der Waals surface area (Å²) in [5.74, 6) is -0.395. The Morgan fingerprint density at radius 3 is 2.83 bits per heavy atom. The van der Waals surface area contributed by atoms with Gasteiger partial charge in [0.15, 0.2) is 0 Å². The van der Waals surface area contributed by atoms with Crippen LogP contribution in [0.25, 0.3) is 11.0 Å². The molecule has 1 aliphatic carbocycles. The van der Waals surface area contributed by atoms with Gasteiger partial charge in [0, 0.05) is 5.92 Å². The molecule has 0 spiro atoms.